The highest BCUT2D eigenvalue weighted by Gasteiger charge is 2.16. The minimum absolute atomic E-state index is 0.450. The van der Waals surface area contributed by atoms with Gasteiger partial charge in [0.25, 0.3) is 0 Å². The normalized spacial score (nSPS) is 10.2. The zero-order valence-corrected chi connectivity index (χ0v) is 18.3. The Hall–Kier alpha value is -1.70. The van der Waals surface area contributed by atoms with Gasteiger partial charge < -0.3 is 15.1 Å². The number of halogens is 1. The fraction of sp³-hybridized carbons (Fsp3) is 0.500. The number of hydrogen-bond acceptors (Lipinski definition) is 6. The van der Waals surface area contributed by atoms with E-state index in [9.17, 15) is 4.79 Å². The van der Waals surface area contributed by atoms with Crippen LogP contribution < -0.4 is 5.32 Å². The van der Waals surface area contributed by atoms with Gasteiger partial charge in [0, 0.05) is 40.7 Å². The van der Waals surface area contributed by atoms with Crippen molar-refractivity contribution in [3.05, 3.63) is 27.9 Å². The quantitative estimate of drug-likeness (QED) is 0.333. The van der Waals surface area contributed by atoms with Gasteiger partial charge in [-0.1, -0.05) is 13.8 Å². The van der Waals surface area contributed by atoms with Gasteiger partial charge in [0.05, 0.1) is 18.6 Å². The standard InChI is InChI=1S/C14H17ClN4OS.C2H7N.C2H6/c1-9(16)6-18(3)17-5-12-13(8-20)10(2)19-7-11(4-15)21-14(12)19;1-3-2;1-2/h5,7-8,16H,4,6H2,1-3H3;3H,1-2H3;1-2H3/b16-9?,17-5-;;. The molecule has 0 spiro atoms. The molecule has 0 atom stereocenters. The van der Waals surface area contributed by atoms with Crippen molar-refractivity contribution in [3.63, 3.8) is 0 Å². The molecule has 0 aliphatic carbocycles. The number of fused-ring (bicyclic) bond motifs is 1. The summed E-state index contributed by atoms with van der Waals surface area (Å²) in [6, 6.07) is 0. The van der Waals surface area contributed by atoms with Crippen molar-refractivity contribution >= 4 is 46.0 Å². The van der Waals surface area contributed by atoms with Crippen molar-refractivity contribution in [3.8, 4) is 0 Å². The van der Waals surface area contributed by atoms with Crippen LogP contribution in [0.3, 0.4) is 0 Å². The number of thiazole rings is 1. The minimum Gasteiger partial charge on any atom is -0.323 e. The lowest BCUT2D eigenvalue weighted by molar-refractivity contribution is 0.112. The van der Waals surface area contributed by atoms with Gasteiger partial charge in [-0.05, 0) is 27.9 Å². The fourth-order valence-electron chi connectivity index (χ4n) is 2.15. The lowest BCUT2D eigenvalue weighted by Crippen LogP contribution is -2.18. The van der Waals surface area contributed by atoms with Gasteiger partial charge in [0.15, 0.2) is 6.29 Å². The molecule has 0 bridgehead atoms. The summed E-state index contributed by atoms with van der Waals surface area (Å²) in [6.45, 7) is 8.10. The molecule has 0 saturated heterocycles. The summed E-state index contributed by atoms with van der Waals surface area (Å²) in [4.78, 5) is 13.4. The Morgan fingerprint density at radius 3 is 2.46 bits per heavy atom. The molecule has 0 radical (unpaired) electrons. The lowest BCUT2D eigenvalue weighted by atomic mass is 10.2. The van der Waals surface area contributed by atoms with Gasteiger partial charge in [0.1, 0.15) is 4.83 Å². The highest BCUT2D eigenvalue weighted by atomic mass is 35.5. The highest BCUT2D eigenvalue weighted by molar-refractivity contribution is 7.18. The molecule has 2 heterocycles. The van der Waals surface area contributed by atoms with Crippen LogP contribution in [0.15, 0.2) is 11.3 Å². The fourth-order valence-corrected chi connectivity index (χ4v) is 3.41. The molecular formula is C18H30ClN5OS. The Kier molecular flexibility index (Phi) is 11.8. The molecule has 0 aliphatic rings. The maximum atomic E-state index is 11.3. The Labute approximate surface area is 165 Å². The molecule has 2 N–H and O–H groups in total. The molecule has 2 rings (SSSR count). The zero-order chi connectivity index (χ0) is 20.3. The predicted octanol–water partition coefficient (Wildman–Crippen LogP) is 4.03. The van der Waals surface area contributed by atoms with Crippen molar-refractivity contribution in [1.82, 2.24) is 14.7 Å². The van der Waals surface area contributed by atoms with Crippen LogP contribution in [-0.2, 0) is 5.88 Å². The van der Waals surface area contributed by atoms with Crippen molar-refractivity contribution in [2.75, 3.05) is 27.7 Å². The molecule has 0 amide bonds. The molecular weight excluding hydrogens is 370 g/mol. The predicted molar refractivity (Wildman–Crippen MR) is 115 cm³/mol. The Morgan fingerprint density at radius 2 is 2.00 bits per heavy atom. The smallest absolute Gasteiger partial charge is 0.152 e. The molecule has 26 heavy (non-hydrogen) atoms. The second-order valence-electron chi connectivity index (χ2n) is 5.38. The van der Waals surface area contributed by atoms with E-state index in [2.05, 4.69) is 10.4 Å². The number of aldehydes is 1. The molecule has 0 fully saturated rings. The number of hydrazone groups is 1. The SMILES string of the molecule is CC.CC(=N)CN(C)/N=C\c1c(C=O)c(C)n2cc(CCl)sc12.CNC. The minimum atomic E-state index is 0.450. The first-order valence-electron chi connectivity index (χ1n) is 8.41. The summed E-state index contributed by atoms with van der Waals surface area (Å²) in [5.41, 5.74) is 2.87. The van der Waals surface area contributed by atoms with Crippen molar-refractivity contribution in [2.24, 2.45) is 5.10 Å². The Bertz CT molecular complexity index is 736. The molecule has 2 aromatic heterocycles. The van der Waals surface area contributed by atoms with Crippen LogP contribution in [0, 0.1) is 12.3 Å². The largest absolute Gasteiger partial charge is 0.323 e. The highest BCUT2D eigenvalue weighted by Crippen LogP contribution is 2.28. The number of rotatable bonds is 6. The van der Waals surface area contributed by atoms with E-state index < -0.39 is 0 Å². The van der Waals surface area contributed by atoms with Crippen molar-refractivity contribution in [2.45, 2.75) is 33.6 Å². The summed E-state index contributed by atoms with van der Waals surface area (Å²) >= 11 is 7.44. The molecule has 0 aliphatic heterocycles. The number of alkyl halides is 1. The van der Waals surface area contributed by atoms with E-state index in [0.717, 1.165) is 27.3 Å². The third kappa shape index (κ3) is 6.55. The summed E-state index contributed by atoms with van der Waals surface area (Å²) < 4.78 is 1.98. The van der Waals surface area contributed by atoms with E-state index in [1.54, 1.807) is 36.5 Å². The van der Waals surface area contributed by atoms with E-state index in [0.29, 0.717) is 23.7 Å². The van der Waals surface area contributed by atoms with Crippen LogP contribution in [-0.4, -0.2) is 55.3 Å². The molecule has 0 unspecified atom stereocenters. The molecule has 146 valence electrons. The van der Waals surface area contributed by atoms with E-state index in [1.165, 1.54) is 0 Å². The van der Waals surface area contributed by atoms with E-state index in [1.807, 2.05) is 45.5 Å². The number of carbonyl (C=O) groups is 1. The molecule has 6 nitrogen and oxygen atoms in total. The second-order valence-corrected chi connectivity index (χ2v) is 6.76. The number of nitrogens with one attached hydrogen (secondary N) is 2. The third-order valence-corrected chi connectivity index (χ3v) is 4.66. The molecule has 0 aromatic carbocycles. The number of aryl methyl sites for hydroxylation is 1. The van der Waals surface area contributed by atoms with E-state index in [4.69, 9.17) is 17.0 Å². The monoisotopic (exact) mass is 399 g/mol. The van der Waals surface area contributed by atoms with E-state index >= 15 is 0 Å². The van der Waals surface area contributed by atoms with Crippen molar-refractivity contribution in [1.29, 1.82) is 5.41 Å². The number of nitrogens with zero attached hydrogens (tertiary/aromatic N) is 3. The Morgan fingerprint density at radius 1 is 1.42 bits per heavy atom. The topological polar surface area (TPSA) is 73.0 Å². The maximum absolute atomic E-state index is 11.3. The number of aromatic nitrogens is 1. The average molecular weight is 400 g/mol. The zero-order valence-electron chi connectivity index (χ0n) is 16.7. The molecule has 0 saturated carbocycles. The summed E-state index contributed by atoms with van der Waals surface area (Å²) in [5.74, 6) is 0.450. The van der Waals surface area contributed by atoms with Gasteiger partial charge in [0.2, 0.25) is 0 Å². The summed E-state index contributed by atoms with van der Waals surface area (Å²) in [7, 11) is 5.55. The first-order valence-corrected chi connectivity index (χ1v) is 9.76. The second kappa shape index (κ2) is 12.6. The first kappa shape index (κ1) is 24.3. The van der Waals surface area contributed by atoms with Crippen LogP contribution in [0.4, 0.5) is 0 Å². The number of hydrogen-bond donors (Lipinski definition) is 2. The third-order valence-electron chi connectivity index (χ3n) is 3.09. The summed E-state index contributed by atoms with van der Waals surface area (Å²) in [5, 5.41) is 16.2. The van der Waals surface area contributed by atoms with Crippen LogP contribution >= 0.6 is 22.9 Å². The van der Waals surface area contributed by atoms with Gasteiger partial charge in [-0.25, -0.2) is 0 Å². The van der Waals surface area contributed by atoms with Crippen LogP contribution in [0.1, 0.15) is 47.3 Å². The van der Waals surface area contributed by atoms with Gasteiger partial charge in [-0.2, -0.15) is 5.10 Å². The van der Waals surface area contributed by atoms with E-state index in [-0.39, 0.29) is 0 Å². The number of carbonyl (C=O) groups excluding carboxylic acids is 1. The molecule has 2 aromatic rings. The van der Waals surface area contributed by atoms with Crippen LogP contribution in [0.25, 0.3) is 4.83 Å². The molecule has 8 heteroatoms. The summed E-state index contributed by atoms with van der Waals surface area (Å²) in [6.07, 6.45) is 4.50. The van der Waals surface area contributed by atoms with Gasteiger partial charge >= 0.3 is 0 Å². The maximum Gasteiger partial charge on any atom is 0.152 e. The van der Waals surface area contributed by atoms with Crippen molar-refractivity contribution < 1.29 is 4.79 Å². The lowest BCUT2D eigenvalue weighted by Gasteiger charge is -2.10. The average Bonchev–Trinajstić information content (AvgIpc) is 3.13. The van der Waals surface area contributed by atoms with Gasteiger partial charge in [-0.15, -0.1) is 22.9 Å². The van der Waals surface area contributed by atoms with Gasteiger partial charge in [-0.3, -0.25) is 9.80 Å². The van der Waals surface area contributed by atoms with Crippen LogP contribution in [0.5, 0.6) is 0 Å². The Balaban J connectivity index is 0.00000113. The van der Waals surface area contributed by atoms with Crippen LogP contribution in [0.2, 0.25) is 0 Å². The first-order chi connectivity index (χ1) is 12.4.